The van der Waals surface area contributed by atoms with Crippen LogP contribution in [0.25, 0.3) is 0 Å². The first-order chi connectivity index (χ1) is 9.73. The Morgan fingerprint density at radius 2 is 2.00 bits per heavy atom. The summed E-state index contributed by atoms with van der Waals surface area (Å²) in [6, 6.07) is 2.52. The Morgan fingerprint density at radius 1 is 1.33 bits per heavy atom. The van der Waals surface area contributed by atoms with E-state index in [2.05, 4.69) is 5.32 Å². The smallest absolute Gasteiger partial charge is 0.321 e. The molecule has 0 unspecified atom stereocenters. The molecule has 0 atom stereocenters. The van der Waals surface area contributed by atoms with Crippen molar-refractivity contribution >= 4 is 11.7 Å². The zero-order valence-electron chi connectivity index (χ0n) is 12.6. The Bertz CT molecular complexity index is 487. The standard InChI is InChI=1S/C15H22F2N2O2/c1-15(2,3)10-19(7-4-8-20)14(21)18-13-6-5-11(16)9-12(13)17/h5-6,9,20H,4,7-8,10H2,1-3H3,(H,18,21). The molecule has 0 saturated heterocycles. The maximum Gasteiger partial charge on any atom is 0.321 e. The molecule has 2 amide bonds. The fourth-order valence-electron chi connectivity index (χ4n) is 1.87. The van der Waals surface area contributed by atoms with Crippen LogP contribution in [0, 0.1) is 17.0 Å². The second kappa shape index (κ2) is 7.36. The van der Waals surface area contributed by atoms with Crippen LogP contribution in [0.4, 0.5) is 19.3 Å². The zero-order valence-corrected chi connectivity index (χ0v) is 12.6. The molecule has 118 valence electrons. The summed E-state index contributed by atoms with van der Waals surface area (Å²) >= 11 is 0. The van der Waals surface area contributed by atoms with Gasteiger partial charge >= 0.3 is 6.03 Å². The number of carbonyl (C=O) groups is 1. The molecule has 0 aliphatic heterocycles. The third-order valence-electron chi connectivity index (χ3n) is 2.71. The number of aliphatic hydroxyl groups excluding tert-OH is 1. The molecule has 0 aliphatic carbocycles. The van der Waals surface area contributed by atoms with Gasteiger partial charge in [0.15, 0.2) is 0 Å². The highest BCUT2D eigenvalue weighted by Crippen LogP contribution is 2.19. The molecule has 0 radical (unpaired) electrons. The molecule has 2 N–H and O–H groups in total. The van der Waals surface area contributed by atoms with E-state index in [0.29, 0.717) is 19.5 Å². The van der Waals surface area contributed by atoms with Gasteiger partial charge in [0.05, 0.1) is 5.69 Å². The summed E-state index contributed by atoms with van der Waals surface area (Å²) in [6.45, 7) is 6.73. The summed E-state index contributed by atoms with van der Waals surface area (Å²) in [7, 11) is 0. The minimum atomic E-state index is -0.818. The van der Waals surface area contributed by atoms with E-state index in [9.17, 15) is 13.6 Å². The minimum absolute atomic E-state index is 0.0289. The molecule has 6 heteroatoms. The Kier molecular flexibility index (Phi) is 6.08. The maximum atomic E-state index is 13.6. The van der Waals surface area contributed by atoms with Gasteiger partial charge in [0.1, 0.15) is 11.6 Å². The Balaban J connectivity index is 2.79. The van der Waals surface area contributed by atoms with Crippen molar-refractivity contribution in [2.45, 2.75) is 27.2 Å². The van der Waals surface area contributed by atoms with Crippen molar-refractivity contribution in [3.05, 3.63) is 29.8 Å². The molecular weight excluding hydrogens is 278 g/mol. The van der Waals surface area contributed by atoms with E-state index >= 15 is 0 Å². The number of hydrogen-bond acceptors (Lipinski definition) is 2. The average molecular weight is 300 g/mol. The Labute approximate surface area is 123 Å². The molecule has 4 nitrogen and oxygen atoms in total. The van der Waals surface area contributed by atoms with E-state index in [1.165, 1.54) is 11.0 Å². The van der Waals surface area contributed by atoms with E-state index in [-0.39, 0.29) is 17.7 Å². The second-order valence-corrected chi connectivity index (χ2v) is 6.11. The van der Waals surface area contributed by atoms with Crippen molar-refractivity contribution in [1.82, 2.24) is 4.90 Å². The SMILES string of the molecule is CC(C)(C)CN(CCCO)C(=O)Nc1ccc(F)cc1F. The van der Waals surface area contributed by atoms with Crippen LogP contribution in [0.3, 0.4) is 0 Å². The van der Waals surface area contributed by atoms with Gasteiger partial charge in [-0.05, 0) is 24.0 Å². The first-order valence-corrected chi connectivity index (χ1v) is 6.85. The van der Waals surface area contributed by atoms with Crippen LogP contribution in [0.2, 0.25) is 0 Å². The van der Waals surface area contributed by atoms with Gasteiger partial charge < -0.3 is 15.3 Å². The van der Waals surface area contributed by atoms with Crippen molar-refractivity contribution in [3.8, 4) is 0 Å². The molecule has 0 aromatic heterocycles. The molecule has 0 fully saturated rings. The van der Waals surface area contributed by atoms with E-state index in [1.54, 1.807) is 0 Å². The number of halogens is 2. The first kappa shape index (κ1) is 17.4. The quantitative estimate of drug-likeness (QED) is 0.877. The number of nitrogens with zero attached hydrogens (tertiary/aromatic N) is 1. The van der Waals surface area contributed by atoms with Crippen molar-refractivity contribution in [2.24, 2.45) is 5.41 Å². The van der Waals surface area contributed by atoms with Crippen molar-refractivity contribution < 1.29 is 18.7 Å². The van der Waals surface area contributed by atoms with Crippen molar-refractivity contribution in [2.75, 3.05) is 25.0 Å². The van der Waals surface area contributed by atoms with Gasteiger partial charge in [-0.2, -0.15) is 0 Å². The van der Waals surface area contributed by atoms with Crippen LogP contribution in [0.5, 0.6) is 0 Å². The number of aliphatic hydroxyl groups is 1. The van der Waals surface area contributed by atoms with E-state index in [1.807, 2.05) is 20.8 Å². The molecule has 0 aliphatic rings. The van der Waals surface area contributed by atoms with E-state index < -0.39 is 17.7 Å². The maximum absolute atomic E-state index is 13.6. The molecule has 0 bridgehead atoms. The Morgan fingerprint density at radius 3 is 2.52 bits per heavy atom. The molecule has 1 rings (SSSR count). The first-order valence-electron chi connectivity index (χ1n) is 6.85. The highest BCUT2D eigenvalue weighted by molar-refractivity contribution is 5.89. The second-order valence-electron chi connectivity index (χ2n) is 6.11. The monoisotopic (exact) mass is 300 g/mol. The lowest BCUT2D eigenvalue weighted by Crippen LogP contribution is -2.41. The van der Waals surface area contributed by atoms with E-state index in [4.69, 9.17) is 5.11 Å². The normalized spacial score (nSPS) is 11.3. The largest absolute Gasteiger partial charge is 0.396 e. The van der Waals surface area contributed by atoms with Gasteiger partial charge in [0.25, 0.3) is 0 Å². The van der Waals surface area contributed by atoms with Gasteiger partial charge in [0.2, 0.25) is 0 Å². The molecular formula is C15H22F2N2O2. The number of nitrogens with one attached hydrogen (secondary N) is 1. The van der Waals surface area contributed by atoms with Crippen molar-refractivity contribution in [3.63, 3.8) is 0 Å². The number of hydrogen-bond donors (Lipinski definition) is 2. The summed E-state index contributed by atoms with van der Waals surface area (Å²) < 4.78 is 26.4. The van der Waals surface area contributed by atoms with Crippen LogP contribution in [0.1, 0.15) is 27.2 Å². The summed E-state index contributed by atoms with van der Waals surface area (Å²) in [4.78, 5) is 13.7. The number of urea groups is 1. The Hall–Kier alpha value is -1.69. The number of benzene rings is 1. The summed E-state index contributed by atoms with van der Waals surface area (Å²) in [5.74, 6) is -1.52. The summed E-state index contributed by atoms with van der Waals surface area (Å²) in [5, 5.41) is 11.3. The average Bonchev–Trinajstić information content (AvgIpc) is 2.36. The topological polar surface area (TPSA) is 52.6 Å². The lowest BCUT2D eigenvalue weighted by atomic mass is 9.96. The fourth-order valence-corrected chi connectivity index (χ4v) is 1.87. The van der Waals surface area contributed by atoms with Crippen LogP contribution in [-0.2, 0) is 0 Å². The number of amides is 2. The lowest BCUT2D eigenvalue weighted by molar-refractivity contribution is 0.176. The van der Waals surface area contributed by atoms with Crippen LogP contribution < -0.4 is 5.32 Å². The molecule has 0 spiro atoms. The van der Waals surface area contributed by atoms with Gasteiger partial charge in [-0.1, -0.05) is 20.8 Å². The van der Waals surface area contributed by atoms with Crippen LogP contribution in [-0.4, -0.2) is 35.7 Å². The third kappa shape index (κ3) is 6.08. The highest BCUT2D eigenvalue weighted by atomic mass is 19.1. The minimum Gasteiger partial charge on any atom is -0.396 e. The van der Waals surface area contributed by atoms with Crippen LogP contribution >= 0.6 is 0 Å². The number of anilines is 1. The van der Waals surface area contributed by atoms with Gasteiger partial charge in [0, 0.05) is 25.8 Å². The predicted molar refractivity (Wildman–Crippen MR) is 78.1 cm³/mol. The summed E-state index contributed by atoms with van der Waals surface area (Å²) in [5.41, 5.74) is -0.196. The van der Waals surface area contributed by atoms with Gasteiger partial charge in [-0.3, -0.25) is 0 Å². The molecule has 1 aromatic carbocycles. The molecule has 0 heterocycles. The fraction of sp³-hybridized carbons (Fsp3) is 0.533. The van der Waals surface area contributed by atoms with Crippen molar-refractivity contribution in [1.29, 1.82) is 0 Å². The van der Waals surface area contributed by atoms with Gasteiger partial charge in [-0.15, -0.1) is 0 Å². The summed E-state index contributed by atoms with van der Waals surface area (Å²) in [6.07, 6.45) is 0.440. The number of carbonyl (C=O) groups excluding carboxylic acids is 1. The third-order valence-corrected chi connectivity index (χ3v) is 2.71. The number of rotatable bonds is 5. The molecule has 0 saturated carbocycles. The highest BCUT2D eigenvalue weighted by Gasteiger charge is 2.21. The zero-order chi connectivity index (χ0) is 16.0. The predicted octanol–water partition coefficient (Wildman–Crippen LogP) is 3.23. The molecule has 21 heavy (non-hydrogen) atoms. The van der Waals surface area contributed by atoms with Gasteiger partial charge in [-0.25, -0.2) is 13.6 Å². The molecule has 1 aromatic rings. The van der Waals surface area contributed by atoms with E-state index in [0.717, 1.165) is 12.1 Å². The van der Waals surface area contributed by atoms with Crippen LogP contribution in [0.15, 0.2) is 18.2 Å². The lowest BCUT2D eigenvalue weighted by Gasteiger charge is -2.30.